The molecule has 7 heteroatoms. The van der Waals surface area contributed by atoms with Gasteiger partial charge in [-0.05, 0) is 30.8 Å². The van der Waals surface area contributed by atoms with Crippen LogP contribution in [0.15, 0.2) is 67.0 Å². The smallest absolute Gasteiger partial charge is 0.344 e. The molecule has 4 aromatic rings. The van der Waals surface area contributed by atoms with Gasteiger partial charge in [0.05, 0.1) is 11.1 Å². The molecule has 32 heavy (non-hydrogen) atoms. The highest BCUT2D eigenvalue weighted by atomic mass is 16.4. The van der Waals surface area contributed by atoms with E-state index in [1.807, 2.05) is 12.1 Å². The molecule has 7 nitrogen and oxygen atoms in total. The molecule has 1 aliphatic rings. The summed E-state index contributed by atoms with van der Waals surface area (Å²) in [6.45, 7) is 7.25. The molecule has 5 rings (SSSR count). The molecule has 0 bridgehead atoms. The quantitative estimate of drug-likeness (QED) is 0.495. The molecule has 0 unspecified atom stereocenters. The number of likely N-dealkylation sites (N-methyl/N-ethyl adjacent to an activating group) is 1. The average Bonchev–Trinajstić information content (AvgIpc) is 2.80. The standard InChI is InChI=1S/C25H24N2O5/c1-2-26-9-11-27(12-10-26)15-20-21(28)8-7-17-18(14-23(29)32-24(17)20)19-13-16-5-3-4-6-22(16)31-25(19)30/h3-8,13-14,28H,2,9-12,15H2,1H3. The van der Waals surface area contributed by atoms with Crippen LogP contribution >= 0.6 is 0 Å². The van der Waals surface area contributed by atoms with Gasteiger partial charge in [0.2, 0.25) is 0 Å². The van der Waals surface area contributed by atoms with E-state index in [4.69, 9.17) is 8.83 Å². The number of aromatic hydroxyl groups is 1. The maximum absolute atomic E-state index is 12.8. The van der Waals surface area contributed by atoms with E-state index < -0.39 is 11.3 Å². The Labute approximate surface area is 184 Å². The fraction of sp³-hybridized carbons (Fsp3) is 0.280. The third-order valence-electron chi connectivity index (χ3n) is 6.22. The number of piperazine rings is 1. The molecule has 0 aliphatic carbocycles. The second kappa shape index (κ2) is 8.26. The molecule has 164 valence electrons. The Balaban J connectivity index is 1.63. The highest BCUT2D eigenvalue weighted by Gasteiger charge is 2.21. The maximum atomic E-state index is 12.8. The van der Waals surface area contributed by atoms with Crippen molar-refractivity contribution in [3.05, 3.63) is 74.9 Å². The van der Waals surface area contributed by atoms with Gasteiger partial charge in [0.1, 0.15) is 16.9 Å². The first-order valence-corrected chi connectivity index (χ1v) is 10.8. The van der Waals surface area contributed by atoms with E-state index in [9.17, 15) is 14.7 Å². The van der Waals surface area contributed by atoms with Gasteiger partial charge in [-0.1, -0.05) is 25.1 Å². The number of nitrogens with zero attached hydrogens (tertiary/aromatic N) is 2. The first kappa shape index (κ1) is 20.5. The second-order valence-electron chi connectivity index (χ2n) is 8.11. The van der Waals surface area contributed by atoms with Crippen LogP contribution in [0.4, 0.5) is 0 Å². The molecular formula is C25H24N2O5. The van der Waals surface area contributed by atoms with Crippen LogP contribution in [0.25, 0.3) is 33.1 Å². The first-order valence-electron chi connectivity index (χ1n) is 10.8. The van der Waals surface area contributed by atoms with Crippen LogP contribution in [0, 0.1) is 0 Å². The van der Waals surface area contributed by atoms with Crippen LogP contribution in [0.2, 0.25) is 0 Å². The van der Waals surface area contributed by atoms with E-state index in [1.165, 1.54) is 6.07 Å². The number of phenols is 1. The Bertz CT molecular complexity index is 1410. The zero-order valence-corrected chi connectivity index (χ0v) is 17.8. The van der Waals surface area contributed by atoms with Crippen LogP contribution < -0.4 is 11.3 Å². The van der Waals surface area contributed by atoms with Crippen LogP contribution in [-0.4, -0.2) is 47.6 Å². The SMILES string of the molecule is CCN1CCN(Cc2c(O)ccc3c(-c4cc5ccccc5oc4=O)cc(=O)oc23)CC1. The molecule has 0 saturated carbocycles. The Morgan fingerprint density at radius 3 is 2.44 bits per heavy atom. The van der Waals surface area contributed by atoms with Gasteiger partial charge in [-0.25, -0.2) is 9.59 Å². The van der Waals surface area contributed by atoms with Gasteiger partial charge in [0, 0.05) is 55.1 Å². The average molecular weight is 432 g/mol. The maximum Gasteiger partial charge on any atom is 0.344 e. The van der Waals surface area contributed by atoms with E-state index in [2.05, 4.69) is 16.7 Å². The fourth-order valence-electron chi connectivity index (χ4n) is 4.38. The largest absolute Gasteiger partial charge is 0.507 e. The minimum Gasteiger partial charge on any atom is -0.507 e. The zero-order chi connectivity index (χ0) is 22.2. The summed E-state index contributed by atoms with van der Waals surface area (Å²) in [7, 11) is 0. The number of hydrogen-bond donors (Lipinski definition) is 1. The van der Waals surface area contributed by atoms with Crippen molar-refractivity contribution >= 4 is 21.9 Å². The third-order valence-corrected chi connectivity index (χ3v) is 6.22. The molecule has 1 aliphatic heterocycles. The van der Waals surface area contributed by atoms with E-state index >= 15 is 0 Å². The van der Waals surface area contributed by atoms with Crippen LogP contribution in [0.3, 0.4) is 0 Å². The van der Waals surface area contributed by atoms with Gasteiger partial charge in [0.15, 0.2) is 0 Å². The van der Waals surface area contributed by atoms with Crippen molar-refractivity contribution in [1.82, 2.24) is 9.80 Å². The Kier molecular flexibility index (Phi) is 5.28. The lowest BCUT2D eigenvalue weighted by molar-refractivity contribution is 0.131. The number of para-hydroxylation sites is 1. The van der Waals surface area contributed by atoms with E-state index in [1.54, 1.807) is 30.3 Å². The summed E-state index contributed by atoms with van der Waals surface area (Å²) in [5.74, 6) is 0.0706. The van der Waals surface area contributed by atoms with Crippen LogP contribution in [0.1, 0.15) is 12.5 Å². The molecular weight excluding hydrogens is 408 g/mol. The number of benzene rings is 2. The van der Waals surface area contributed by atoms with Crippen molar-refractivity contribution in [2.24, 2.45) is 0 Å². The topological polar surface area (TPSA) is 87.1 Å². The molecule has 3 heterocycles. The van der Waals surface area contributed by atoms with E-state index in [0.717, 1.165) is 38.1 Å². The lowest BCUT2D eigenvalue weighted by Crippen LogP contribution is -2.45. The van der Waals surface area contributed by atoms with Crippen LogP contribution in [-0.2, 0) is 6.54 Å². The van der Waals surface area contributed by atoms with Gasteiger partial charge in [-0.2, -0.15) is 0 Å². The minimum absolute atomic E-state index is 0.0706. The summed E-state index contributed by atoms with van der Waals surface area (Å²) in [6.07, 6.45) is 0. The molecule has 1 N–H and O–H groups in total. The predicted octanol–water partition coefficient (Wildman–Crippen LogP) is 3.41. The lowest BCUT2D eigenvalue weighted by atomic mass is 9.99. The predicted molar refractivity (Wildman–Crippen MR) is 123 cm³/mol. The van der Waals surface area contributed by atoms with Gasteiger partial charge < -0.3 is 18.8 Å². The van der Waals surface area contributed by atoms with Crippen molar-refractivity contribution in [1.29, 1.82) is 0 Å². The fourth-order valence-corrected chi connectivity index (χ4v) is 4.38. The number of phenolic OH excluding ortho intramolecular Hbond substituents is 1. The molecule has 0 spiro atoms. The van der Waals surface area contributed by atoms with Crippen molar-refractivity contribution < 1.29 is 13.9 Å². The Morgan fingerprint density at radius 1 is 0.906 bits per heavy atom. The second-order valence-corrected chi connectivity index (χ2v) is 8.11. The highest BCUT2D eigenvalue weighted by Crippen LogP contribution is 2.33. The number of fused-ring (bicyclic) bond motifs is 2. The van der Waals surface area contributed by atoms with Crippen molar-refractivity contribution in [3.63, 3.8) is 0 Å². The molecule has 2 aromatic heterocycles. The van der Waals surface area contributed by atoms with Gasteiger partial charge in [0.25, 0.3) is 0 Å². The van der Waals surface area contributed by atoms with Gasteiger partial charge in [-0.3, -0.25) is 4.90 Å². The van der Waals surface area contributed by atoms with Gasteiger partial charge in [-0.15, -0.1) is 0 Å². The number of hydrogen-bond acceptors (Lipinski definition) is 7. The van der Waals surface area contributed by atoms with E-state index in [0.29, 0.717) is 34.2 Å². The summed E-state index contributed by atoms with van der Waals surface area (Å²) >= 11 is 0. The first-order chi connectivity index (χ1) is 15.5. The van der Waals surface area contributed by atoms with Crippen LogP contribution in [0.5, 0.6) is 5.75 Å². The molecule has 0 amide bonds. The Morgan fingerprint density at radius 2 is 1.66 bits per heavy atom. The van der Waals surface area contributed by atoms with Crippen molar-refractivity contribution in [2.75, 3.05) is 32.7 Å². The molecule has 0 atom stereocenters. The summed E-state index contributed by atoms with van der Waals surface area (Å²) in [5.41, 5.74) is 0.957. The molecule has 0 radical (unpaired) electrons. The summed E-state index contributed by atoms with van der Waals surface area (Å²) < 4.78 is 11.0. The van der Waals surface area contributed by atoms with E-state index in [-0.39, 0.29) is 11.3 Å². The molecule has 1 saturated heterocycles. The number of rotatable bonds is 4. The van der Waals surface area contributed by atoms with Crippen molar-refractivity contribution in [2.45, 2.75) is 13.5 Å². The molecule has 1 fully saturated rings. The van der Waals surface area contributed by atoms with Crippen molar-refractivity contribution in [3.8, 4) is 16.9 Å². The molecule has 2 aromatic carbocycles. The Hall–Kier alpha value is -3.42. The minimum atomic E-state index is -0.581. The highest BCUT2D eigenvalue weighted by molar-refractivity contribution is 5.97. The summed E-state index contributed by atoms with van der Waals surface area (Å²) in [5, 5.41) is 12.0. The zero-order valence-electron chi connectivity index (χ0n) is 17.8. The third kappa shape index (κ3) is 3.70. The summed E-state index contributed by atoms with van der Waals surface area (Å²) in [6, 6.07) is 13.5. The lowest BCUT2D eigenvalue weighted by Gasteiger charge is -2.34. The van der Waals surface area contributed by atoms with Gasteiger partial charge >= 0.3 is 11.3 Å². The monoisotopic (exact) mass is 432 g/mol. The summed E-state index contributed by atoms with van der Waals surface area (Å²) in [4.78, 5) is 29.8. The normalized spacial score (nSPS) is 15.5.